The van der Waals surface area contributed by atoms with Crippen LogP contribution in [0.15, 0.2) is 10.4 Å². The van der Waals surface area contributed by atoms with Crippen LogP contribution in [0.1, 0.15) is 9.67 Å². The van der Waals surface area contributed by atoms with Gasteiger partial charge in [-0.25, -0.2) is 4.79 Å². The molecule has 1 aromatic rings. The van der Waals surface area contributed by atoms with Crippen molar-refractivity contribution < 1.29 is 9.59 Å². The Balaban J connectivity index is 3.27. The van der Waals surface area contributed by atoms with Crippen molar-refractivity contribution in [2.45, 2.75) is 0 Å². The maximum atomic E-state index is 10.3. The van der Waals surface area contributed by atoms with Gasteiger partial charge in [0.15, 0.2) is 6.29 Å². The van der Waals surface area contributed by atoms with Gasteiger partial charge < -0.3 is 0 Å². The SMILES string of the molecule is O=C=Nc1c(Cl)csc1C=O. The molecule has 11 heavy (non-hydrogen) atoms. The Labute approximate surface area is 71.3 Å². The van der Waals surface area contributed by atoms with Gasteiger partial charge in [-0.05, 0) is 0 Å². The summed E-state index contributed by atoms with van der Waals surface area (Å²) >= 11 is 6.72. The van der Waals surface area contributed by atoms with E-state index in [9.17, 15) is 9.59 Å². The molecule has 0 saturated carbocycles. The van der Waals surface area contributed by atoms with Crippen molar-refractivity contribution in [2.75, 3.05) is 0 Å². The van der Waals surface area contributed by atoms with Crippen molar-refractivity contribution in [3.05, 3.63) is 15.3 Å². The van der Waals surface area contributed by atoms with Gasteiger partial charge in [0.05, 0.1) is 9.90 Å². The highest BCUT2D eigenvalue weighted by atomic mass is 35.5. The number of hydrogen-bond acceptors (Lipinski definition) is 4. The van der Waals surface area contributed by atoms with Gasteiger partial charge in [0.25, 0.3) is 0 Å². The summed E-state index contributed by atoms with van der Waals surface area (Å²) in [6, 6.07) is 0. The predicted octanol–water partition coefficient (Wildman–Crippen LogP) is 2.18. The van der Waals surface area contributed by atoms with Crippen LogP contribution < -0.4 is 0 Å². The number of rotatable bonds is 2. The Kier molecular flexibility index (Phi) is 2.54. The lowest BCUT2D eigenvalue weighted by molar-refractivity contribution is 0.112. The van der Waals surface area contributed by atoms with Gasteiger partial charge in [0.2, 0.25) is 6.08 Å². The summed E-state index contributed by atoms with van der Waals surface area (Å²) in [4.78, 5) is 23.7. The summed E-state index contributed by atoms with van der Waals surface area (Å²) in [6.07, 6.45) is 1.93. The molecule has 0 aliphatic carbocycles. The lowest BCUT2D eigenvalue weighted by Crippen LogP contribution is -1.69. The van der Waals surface area contributed by atoms with E-state index in [4.69, 9.17) is 11.6 Å². The van der Waals surface area contributed by atoms with Crippen LogP contribution in [0.2, 0.25) is 5.02 Å². The summed E-state index contributed by atoms with van der Waals surface area (Å²) in [5.74, 6) is 0. The number of nitrogens with zero attached hydrogens (tertiary/aromatic N) is 1. The summed E-state index contributed by atoms with van der Waals surface area (Å²) in [5.41, 5.74) is 0.210. The van der Waals surface area contributed by atoms with Crippen molar-refractivity contribution in [1.82, 2.24) is 0 Å². The Morgan fingerprint density at radius 3 is 3.00 bits per heavy atom. The maximum Gasteiger partial charge on any atom is 0.240 e. The molecule has 0 unspecified atom stereocenters. The molecule has 0 atom stereocenters. The maximum absolute atomic E-state index is 10.3. The Bertz CT molecular complexity index is 327. The first-order chi connectivity index (χ1) is 5.29. The van der Waals surface area contributed by atoms with Crippen molar-refractivity contribution in [3.8, 4) is 0 Å². The third-order valence-electron chi connectivity index (χ3n) is 1.01. The monoisotopic (exact) mass is 187 g/mol. The van der Waals surface area contributed by atoms with E-state index in [1.54, 1.807) is 5.38 Å². The average molecular weight is 188 g/mol. The molecule has 0 aliphatic heterocycles. The van der Waals surface area contributed by atoms with Crippen LogP contribution in [0.5, 0.6) is 0 Å². The minimum Gasteiger partial charge on any atom is -0.297 e. The minimum absolute atomic E-state index is 0.210. The van der Waals surface area contributed by atoms with E-state index in [-0.39, 0.29) is 5.69 Å². The fourth-order valence-electron chi connectivity index (χ4n) is 0.582. The van der Waals surface area contributed by atoms with Crippen molar-refractivity contribution in [1.29, 1.82) is 0 Å². The normalized spacial score (nSPS) is 8.82. The molecule has 0 amide bonds. The van der Waals surface area contributed by atoms with Gasteiger partial charge in [-0.1, -0.05) is 11.6 Å². The topological polar surface area (TPSA) is 46.5 Å². The molecule has 1 aromatic heterocycles. The molecule has 1 rings (SSSR count). The number of aldehydes is 1. The second-order valence-corrected chi connectivity index (χ2v) is 2.94. The average Bonchev–Trinajstić information content (AvgIpc) is 2.34. The summed E-state index contributed by atoms with van der Waals surface area (Å²) in [7, 11) is 0. The standard InChI is InChI=1S/C6H2ClNO2S/c7-4-2-11-5(1-9)6(4)8-3-10/h1-2H. The van der Waals surface area contributed by atoms with Crippen LogP contribution >= 0.6 is 22.9 Å². The number of carbonyl (C=O) groups excluding carboxylic acids is 2. The molecule has 56 valence electrons. The Hall–Kier alpha value is -0.960. The van der Waals surface area contributed by atoms with Gasteiger partial charge in [-0.2, -0.15) is 4.99 Å². The minimum atomic E-state index is 0.210. The van der Waals surface area contributed by atoms with Crippen LogP contribution in [0.4, 0.5) is 5.69 Å². The van der Waals surface area contributed by atoms with E-state index in [1.165, 1.54) is 6.08 Å². The first-order valence-corrected chi connectivity index (χ1v) is 3.85. The Morgan fingerprint density at radius 2 is 2.45 bits per heavy atom. The van der Waals surface area contributed by atoms with Gasteiger partial charge in [-0.15, -0.1) is 11.3 Å². The summed E-state index contributed by atoms with van der Waals surface area (Å²) < 4.78 is 0. The molecule has 0 radical (unpaired) electrons. The van der Waals surface area contributed by atoms with Crippen LogP contribution in [-0.4, -0.2) is 12.4 Å². The van der Waals surface area contributed by atoms with Crippen molar-refractivity contribution in [2.24, 2.45) is 4.99 Å². The third kappa shape index (κ3) is 1.54. The van der Waals surface area contributed by atoms with Crippen LogP contribution in [0.3, 0.4) is 0 Å². The molecule has 0 fully saturated rings. The lowest BCUT2D eigenvalue weighted by atomic mass is 10.4. The lowest BCUT2D eigenvalue weighted by Gasteiger charge is -1.84. The highest BCUT2D eigenvalue weighted by Crippen LogP contribution is 2.33. The second kappa shape index (κ2) is 3.44. The zero-order valence-electron chi connectivity index (χ0n) is 5.20. The van der Waals surface area contributed by atoms with E-state index in [0.717, 1.165) is 11.3 Å². The quantitative estimate of drug-likeness (QED) is 0.405. The molecule has 0 aromatic carbocycles. The van der Waals surface area contributed by atoms with Crippen LogP contribution in [0, 0.1) is 0 Å². The fraction of sp³-hybridized carbons (Fsp3) is 0. The summed E-state index contributed by atoms with van der Waals surface area (Å²) in [5, 5.41) is 1.85. The smallest absolute Gasteiger partial charge is 0.240 e. The van der Waals surface area contributed by atoms with Crippen molar-refractivity contribution in [3.63, 3.8) is 0 Å². The molecular weight excluding hydrogens is 186 g/mol. The number of hydrogen-bond donors (Lipinski definition) is 0. The van der Waals surface area contributed by atoms with Crippen LogP contribution in [-0.2, 0) is 4.79 Å². The van der Waals surface area contributed by atoms with Crippen molar-refractivity contribution >= 4 is 41.0 Å². The molecule has 5 heteroatoms. The van der Waals surface area contributed by atoms with E-state index >= 15 is 0 Å². The fourth-order valence-corrected chi connectivity index (χ4v) is 1.58. The highest BCUT2D eigenvalue weighted by molar-refractivity contribution is 7.12. The molecule has 0 N–H and O–H groups in total. The van der Waals surface area contributed by atoms with E-state index in [2.05, 4.69) is 4.99 Å². The largest absolute Gasteiger partial charge is 0.297 e. The molecule has 0 saturated heterocycles. The number of aliphatic imine (C=N–C) groups is 1. The first kappa shape index (κ1) is 8.14. The number of halogens is 1. The second-order valence-electron chi connectivity index (χ2n) is 1.62. The number of isocyanates is 1. The van der Waals surface area contributed by atoms with E-state index < -0.39 is 0 Å². The van der Waals surface area contributed by atoms with E-state index in [0.29, 0.717) is 16.2 Å². The van der Waals surface area contributed by atoms with E-state index in [1.807, 2.05) is 0 Å². The highest BCUT2D eigenvalue weighted by Gasteiger charge is 2.07. The van der Waals surface area contributed by atoms with Crippen LogP contribution in [0.25, 0.3) is 0 Å². The summed E-state index contributed by atoms with van der Waals surface area (Å²) in [6.45, 7) is 0. The number of thiophene rings is 1. The zero-order chi connectivity index (χ0) is 8.27. The first-order valence-electron chi connectivity index (χ1n) is 2.59. The van der Waals surface area contributed by atoms with Gasteiger partial charge in [0.1, 0.15) is 5.69 Å². The Morgan fingerprint density at radius 1 is 1.73 bits per heavy atom. The molecule has 1 heterocycles. The van der Waals surface area contributed by atoms with Gasteiger partial charge >= 0.3 is 0 Å². The molecule has 0 aliphatic rings. The molecule has 3 nitrogen and oxygen atoms in total. The molecular formula is C6H2ClNO2S. The van der Waals surface area contributed by atoms with Gasteiger partial charge in [0, 0.05) is 5.38 Å². The molecule has 0 bridgehead atoms. The zero-order valence-corrected chi connectivity index (χ0v) is 6.78. The number of carbonyl (C=O) groups is 1. The predicted molar refractivity (Wildman–Crippen MR) is 42.5 cm³/mol. The third-order valence-corrected chi connectivity index (χ3v) is 2.33. The van der Waals surface area contributed by atoms with Gasteiger partial charge in [-0.3, -0.25) is 4.79 Å². The molecule has 0 spiro atoms.